The molecular formula is C56H37NO. The summed E-state index contributed by atoms with van der Waals surface area (Å²) in [6.07, 6.45) is 0. The Morgan fingerprint density at radius 3 is 1.45 bits per heavy atom. The van der Waals surface area contributed by atoms with Crippen molar-refractivity contribution in [1.29, 1.82) is 0 Å². The number of hydrogen-bond donors (Lipinski definition) is 0. The second kappa shape index (κ2) is 14.1. The van der Waals surface area contributed by atoms with E-state index in [1.807, 2.05) is 0 Å². The summed E-state index contributed by atoms with van der Waals surface area (Å²) in [5.41, 5.74) is 14.4. The molecular weight excluding hydrogens is 703 g/mol. The zero-order valence-corrected chi connectivity index (χ0v) is 31.7. The van der Waals surface area contributed by atoms with Gasteiger partial charge in [-0.05, 0) is 109 Å². The minimum atomic E-state index is 0.862. The molecule has 1 aromatic heterocycles. The Morgan fingerprint density at radius 1 is 0.293 bits per heavy atom. The number of fused-ring (bicyclic) bond motifs is 5. The van der Waals surface area contributed by atoms with Crippen LogP contribution in [0.5, 0.6) is 0 Å². The van der Waals surface area contributed by atoms with E-state index in [0.717, 1.165) is 50.1 Å². The average molecular weight is 740 g/mol. The van der Waals surface area contributed by atoms with Gasteiger partial charge in [0.1, 0.15) is 11.2 Å². The third-order valence-electron chi connectivity index (χ3n) is 11.5. The van der Waals surface area contributed by atoms with Crippen molar-refractivity contribution < 1.29 is 4.42 Å². The van der Waals surface area contributed by atoms with Crippen molar-refractivity contribution >= 4 is 60.5 Å². The summed E-state index contributed by atoms with van der Waals surface area (Å²) >= 11 is 0. The van der Waals surface area contributed by atoms with Gasteiger partial charge in [-0.1, -0.05) is 176 Å². The summed E-state index contributed by atoms with van der Waals surface area (Å²) in [5.74, 6) is 0. The van der Waals surface area contributed by atoms with Crippen LogP contribution in [0.15, 0.2) is 229 Å². The van der Waals surface area contributed by atoms with Crippen LogP contribution in [-0.2, 0) is 0 Å². The zero-order chi connectivity index (χ0) is 38.4. The van der Waals surface area contributed by atoms with Gasteiger partial charge in [-0.25, -0.2) is 0 Å². The predicted molar refractivity (Wildman–Crippen MR) is 245 cm³/mol. The third-order valence-corrected chi connectivity index (χ3v) is 11.5. The summed E-state index contributed by atoms with van der Waals surface area (Å²) in [6, 6.07) is 80.5. The second-order valence-corrected chi connectivity index (χ2v) is 14.9. The molecule has 0 fully saturated rings. The fourth-order valence-electron chi connectivity index (χ4n) is 8.60. The number of rotatable bonds is 7. The number of anilines is 3. The summed E-state index contributed by atoms with van der Waals surface area (Å²) < 4.78 is 6.88. The molecule has 0 spiro atoms. The standard InChI is InChI=1S/C56H37NO/c1-3-12-38(13-4-1)40-26-30-46(31-27-40)57(47-32-28-41(29-33-47)39-14-5-2-6-15-39)48-34-35-54-52(37-48)53-36-45-17-8-10-20-51(45)55(56(53)58-54)44-24-22-43(23-25-44)50-21-11-18-42-16-7-9-19-49(42)50/h1-37H. The summed E-state index contributed by atoms with van der Waals surface area (Å²) in [6.45, 7) is 0. The van der Waals surface area contributed by atoms with Crippen molar-refractivity contribution in [2.45, 2.75) is 0 Å². The van der Waals surface area contributed by atoms with Crippen LogP contribution in [0.3, 0.4) is 0 Å². The zero-order valence-electron chi connectivity index (χ0n) is 31.7. The fourth-order valence-corrected chi connectivity index (χ4v) is 8.60. The highest BCUT2D eigenvalue weighted by molar-refractivity contribution is 6.19. The molecule has 0 saturated carbocycles. The molecule has 1 heterocycles. The molecule has 58 heavy (non-hydrogen) atoms. The van der Waals surface area contributed by atoms with Gasteiger partial charge in [0.15, 0.2) is 0 Å². The highest BCUT2D eigenvalue weighted by atomic mass is 16.3. The Morgan fingerprint density at radius 2 is 0.793 bits per heavy atom. The van der Waals surface area contributed by atoms with E-state index in [9.17, 15) is 0 Å². The van der Waals surface area contributed by atoms with Crippen molar-refractivity contribution in [3.63, 3.8) is 0 Å². The maximum absolute atomic E-state index is 6.88. The first-order valence-electron chi connectivity index (χ1n) is 19.8. The van der Waals surface area contributed by atoms with Crippen LogP contribution in [0.4, 0.5) is 17.1 Å². The molecule has 0 amide bonds. The molecule has 0 aliphatic carbocycles. The summed E-state index contributed by atoms with van der Waals surface area (Å²) in [4.78, 5) is 2.34. The molecule has 0 aliphatic rings. The highest BCUT2D eigenvalue weighted by Gasteiger charge is 2.20. The molecule has 0 aliphatic heterocycles. The maximum Gasteiger partial charge on any atom is 0.143 e. The fraction of sp³-hybridized carbons (Fsp3) is 0. The van der Waals surface area contributed by atoms with Gasteiger partial charge in [0, 0.05) is 33.4 Å². The minimum Gasteiger partial charge on any atom is -0.455 e. The van der Waals surface area contributed by atoms with Crippen molar-refractivity contribution in [2.24, 2.45) is 0 Å². The van der Waals surface area contributed by atoms with Crippen LogP contribution >= 0.6 is 0 Å². The quantitative estimate of drug-likeness (QED) is 0.162. The first kappa shape index (κ1) is 33.6. The number of nitrogens with zero attached hydrogens (tertiary/aromatic N) is 1. The van der Waals surface area contributed by atoms with Gasteiger partial charge in [0.25, 0.3) is 0 Å². The molecule has 10 aromatic carbocycles. The Bertz CT molecular complexity index is 3150. The van der Waals surface area contributed by atoms with Gasteiger partial charge in [-0.2, -0.15) is 0 Å². The lowest BCUT2D eigenvalue weighted by molar-refractivity contribution is 0.670. The molecule has 11 rings (SSSR count). The third kappa shape index (κ3) is 5.91. The van der Waals surface area contributed by atoms with E-state index in [-0.39, 0.29) is 0 Å². The smallest absolute Gasteiger partial charge is 0.143 e. The van der Waals surface area contributed by atoms with Gasteiger partial charge in [-0.3, -0.25) is 0 Å². The maximum atomic E-state index is 6.88. The SMILES string of the molecule is c1ccc(-c2ccc(N(c3ccc(-c4ccccc4)cc3)c3ccc4oc5c(-c6ccc(-c7cccc8ccccc78)cc6)c6ccccc6cc5c4c3)cc2)cc1. The first-order chi connectivity index (χ1) is 28.7. The van der Waals surface area contributed by atoms with E-state index >= 15 is 0 Å². The number of furan rings is 1. The van der Waals surface area contributed by atoms with Gasteiger partial charge >= 0.3 is 0 Å². The molecule has 2 nitrogen and oxygen atoms in total. The molecule has 2 heteroatoms. The van der Waals surface area contributed by atoms with Crippen LogP contribution in [0.25, 0.3) is 88.0 Å². The monoisotopic (exact) mass is 739 g/mol. The second-order valence-electron chi connectivity index (χ2n) is 14.9. The van der Waals surface area contributed by atoms with E-state index in [2.05, 4.69) is 229 Å². The topological polar surface area (TPSA) is 16.4 Å². The van der Waals surface area contributed by atoms with E-state index < -0.39 is 0 Å². The molecule has 0 saturated heterocycles. The van der Waals surface area contributed by atoms with Crippen molar-refractivity contribution in [3.05, 3.63) is 224 Å². The molecule has 0 radical (unpaired) electrons. The Labute approximate surface area is 337 Å². The predicted octanol–water partition coefficient (Wildman–Crippen LogP) is 16.0. The van der Waals surface area contributed by atoms with Crippen LogP contribution in [0.1, 0.15) is 0 Å². The largest absolute Gasteiger partial charge is 0.455 e. The first-order valence-corrected chi connectivity index (χ1v) is 19.8. The van der Waals surface area contributed by atoms with E-state index in [0.29, 0.717) is 0 Å². The van der Waals surface area contributed by atoms with Gasteiger partial charge in [0.2, 0.25) is 0 Å². The lowest BCUT2D eigenvalue weighted by atomic mass is 9.93. The van der Waals surface area contributed by atoms with E-state index in [1.54, 1.807) is 0 Å². The Hall–Kier alpha value is -7.68. The summed E-state index contributed by atoms with van der Waals surface area (Å²) in [5, 5.41) is 7.04. The van der Waals surface area contributed by atoms with Crippen molar-refractivity contribution in [1.82, 2.24) is 0 Å². The minimum absolute atomic E-state index is 0.862. The molecule has 272 valence electrons. The highest BCUT2D eigenvalue weighted by Crippen LogP contribution is 2.44. The van der Waals surface area contributed by atoms with Crippen LogP contribution < -0.4 is 4.90 Å². The Kier molecular flexibility index (Phi) is 8.19. The van der Waals surface area contributed by atoms with E-state index in [1.165, 1.54) is 54.9 Å². The van der Waals surface area contributed by atoms with Crippen molar-refractivity contribution in [2.75, 3.05) is 4.90 Å². The molecule has 0 bridgehead atoms. The van der Waals surface area contributed by atoms with Crippen LogP contribution in [0, 0.1) is 0 Å². The summed E-state index contributed by atoms with van der Waals surface area (Å²) in [7, 11) is 0. The van der Waals surface area contributed by atoms with Gasteiger partial charge in [-0.15, -0.1) is 0 Å². The average Bonchev–Trinajstić information content (AvgIpc) is 3.66. The lowest BCUT2D eigenvalue weighted by Gasteiger charge is -2.26. The number of hydrogen-bond acceptors (Lipinski definition) is 2. The van der Waals surface area contributed by atoms with E-state index in [4.69, 9.17) is 4.42 Å². The van der Waals surface area contributed by atoms with Gasteiger partial charge < -0.3 is 9.32 Å². The normalized spacial score (nSPS) is 11.4. The molecule has 0 atom stereocenters. The lowest BCUT2D eigenvalue weighted by Crippen LogP contribution is -2.09. The van der Waals surface area contributed by atoms with Gasteiger partial charge in [0.05, 0.1) is 0 Å². The van der Waals surface area contributed by atoms with Crippen molar-refractivity contribution in [3.8, 4) is 44.5 Å². The van der Waals surface area contributed by atoms with Crippen LogP contribution in [-0.4, -0.2) is 0 Å². The number of benzene rings is 10. The molecule has 11 aromatic rings. The molecule has 0 N–H and O–H groups in total. The molecule has 0 unspecified atom stereocenters. The van der Waals surface area contributed by atoms with Crippen LogP contribution in [0.2, 0.25) is 0 Å². The Balaban J connectivity index is 1.05.